The van der Waals surface area contributed by atoms with E-state index in [1.54, 1.807) is 12.5 Å². The van der Waals surface area contributed by atoms with Crippen molar-refractivity contribution >= 4 is 5.91 Å². The minimum atomic E-state index is -0.0583. The summed E-state index contributed by atoms with van der Waals surface area (Å²) in [5.41, 5.74) is 2.26. The Kier molecular flexibility index (Phi) is 3.78. The summed E-state index contributed by atoms with van der Waals surface area (Å²) in [4.78, 5) is 15.7. The molecule has 104 valence electrons. The molecule has 20 heavy (non-hydrogen) atoms. The van der Waals surface area contributed by atoms with Gasteiger partial charge in [-0.15, -0.1) is 0 Å². The fraction of sp³-hybridized carbons (Fsp3) is 0.333. The number of carbonyl (C=O) groups excluding carboxylic acids is 1. The summed E-state index contributed by atoms with van der Waals surface area (Å²) in [5, 5.41) is 6.19. The summed E-state index contributed by atoms with van der Waals surface area (Å²) < 4.78 is 1.96. The van der Waals surface area contributed by atoms with Gasteiger partial charge < -0.3 is 15.2 Å². The minimum Gasteiger partial charge on any atom is -0.355 e. The standard InChI is InChI=1S/C15H18N4O/c20-15-14(2-1-7-17-15)18-10-12-3-5-13(6-4-12)19-9-8-16-11-19/h3-6,8-9,11,14,18H,1-2,7,10H2,(H,17,20). The lowest BCUT2D eigenvalue weighted by atomic mass is 10.1. The van der Waals surface area contributed by atoms with Crippen LogP contribution in [0.15, 0.2) is 43.0 Å². The van der Waals surface area contributed by atoms with Gasteiger partial charge >= 0.3 is 0 Å². The van der Waals surface area contributed by atoms with E-state index in [0.29, 0.717) is 6.54 Å². The van der Waals surface area contributed by atoms with E-state index < -0.39 is 0 Å². The topological polar surface area (TPSA) is 59.0 Å². The van der Waals surface area contributed by atoms with Crippen LogP contribution in [-0.2, 0) is 11.3 Å². The molecule has 1 aromatic carbocycles. The van der Waals surface area contributed by atoms with Crippen LogP contribution in [0.1, 0.15) is 18.4 Å². The molecule has 5 nitrogen and oxygen atoms in total. The summed E-state index contributed by atoms with van der Waals surface area (Å²) in [5.74, 6) is 0.117. The second kappa shape index (κ2) is 5.88. The third kappa shape index (κ3) is 2.88. The number of imidazole rings is 1. The van der Waals surface area contributed by atoms with E-state index in [1.165, 1.54) is 5.56 Å². The molecule has 1 atom stereocenters. The lowest BCUT2D eigenvalue weighted by Gasteiger charge is -2.22. The highest BCUT2D eigenvalue weighted by atomic mass is 16.2. The number of carbonyl (C=O) groups is 1. The Morgan fingerprint density at radius 3 is 2.90 bits per heavy atom. The predicted octanol–water partition coefficient (Wildman–Crippen LogP) is 1.24. The van der Waals surface area contributed by atoms with Crippen LogP contribution in [0.4, 0.5) is 0 Å². The van der Waals surface area contributed by atoms with Crippen molar-refractivity contribution in [2.45, 2.75) is 25.4 Å². The van der Waals surface area contributed by atoms with E-state index in [4.69, 9.17) is 0 Å². The molecule has 1 aromatic heterocycles. The monoisotopic (exact) mass is 270 g/mol. The van der Waals surface area contributed by atoms with E-state index in [2.05, 4.69) is 39.9 Å². The van der Waals surface area contributed by atoms with Crippen molar-refractivity contribution in [3.05, 3.63) is 48.5 Å². The molecule has 0 saturated carbocycles. The summed E-state index contributed by atoms with van der Waals surface area (Å²) in [7, 11) is 0. The van der Waals surface area contributed by atoms with Crippen molar-refractivity contribution in [2.24, 2.45) is 0 Å². The van der Waals surface area contributed by atoms with Crippen molar-refractivity contribution in [1.29, 1.82) is 0 Å². The van der Waals surface area contributed by atoms with Gasteiger partial charge in [-0.05, 0) is 30.5 Å². The average Bonchev–Trinajstić information content (AvgIpc) is 3.01. The first-order chi connectivity index (χ1) is 9.83. The van der Waals surface area contributed by atoms with Gasteiger partial charge in [-0.3, -0.25) is 4.79 Å². The summed E-state index contributed by atoms with van der Waals surface area (Å²) >= 11 is 0. The fourth-order valence-electron chi connectivity index (χ4n) is 2.41. The number of nitrogens with zero attached hydrogens (tertiary/aromatic N) is 2. The zero-order valence-corrected chi connectivity index (χ0v) is 11.2. The van der Waals surface area contributed by atoms with Gasteiger partial charge in [0.1, 0.15) is 0 Å². The predicted molar refractivity (Wildman–Crippen MR) is 76.4 cm³/mol. The number of benzene rings is 1. The number of hydrogen-bond donors (Lipinski definition) is 2. The Morgan fingerprint density at radius 1 is 1.35 bits per heavy atom. The van der Waals surface area contributed by atoms with E-state index in [9.17, 15) is 4.79 Å². The molecular weight excluding hydrogens is 252 g/mol. The van der Waals surface area contributed by atoms with E-state index in [-0.39, 0.29) is 11.9 Å². The van der Waals surface area contributed by atoms with E-state index in [0.717, 1.165) is 25.1 Å². The molecule has 2 aromatic rings. The van der Waals surface area contributed by atoms with Gasteiger partial charge in [-0.2, -0.15) is 0 Å². The van der Waals surface area contributed by atoms with Crippen LogP contribution in [0.25, 0.3) is 5.69 Å². The van der Waals surface area contributed by atoms with E-state index >= 15 is 0 Å². The van der Waals surface area contributed by atoms with Crippen LogP contribution in [0.3, 0.4) is 0 Å². The molecule has 1 aliphatic heterocycles. The molecule has 1 fully saturated rings. The second-order valence-electron chi connectivity index (χ2n) is 5.00. The molecule has 1 amide bonds. The minimum absolute atomic E-state index is 0.0583. The Bertz CT molecular complexity index is 562. The maximum atomic E-state index is 11.6. The van der Waals surface area contributed by atoms with Gasteiger partial charge in [0.15, 0.2) is 0 Å². The third-order valence-electron chi connectivity index (χ3n) is 3.58. The molecule has 5 heteroatoms. The molecule has 0 aliphatic carbocycles. The highest BCUT2D eigenvalue weighted by molar-refractivity contribution is 5.82. The molecule has 0 radical (unpaired) electrons. The number of rotatable bonds is 4. The van der Waals surface area contributed by atoms with Crippen molar-refractivity contribution in [3.8, 4) is 5.69 Å². The molecule has 2 N–H and O–H groups in total. The smallest absolute Gasteiger partial charge is 0.237 e. The Morgan fingerprint density at radius 2 is 2.20 bits per heavy atom. The highest BCUT2D eigenvalue weighted by Crippen LogP contribution is 2.10. The molecule has 1 saturated heterocycles. The fourth-order valence-corrected chi connectivity index (χ4v) is 2.41. The molecule has 1 unspecified atom stereocenters. The normalized spacial score (nSPS) is 18.8. The van der Waals surface area contributed by atoms with Crippen LogP contribution < -0.4 is 10.6 Å². The zero-order chi connectivity index (χ0) is 13.8. The second-order valence-corrected chi connectivity index (χ2v) is 5.00. The van der Waals surface area contributed by atoms with Crippen LogP contribution in [0, 0.1) is 0 Å². The zero-order valence-electron chi connectivity index (χ0n) is 11.2. The first-order valence-corrected chi connectivity index (χ1v) is 6.91. The van der Waals surface area contributed by atoms with Gasteiger partial charge in [0.2, 0.25) is 5.91 Å². The number of aromatic nitrogens is 2. The molecule has 0 spiro atoms. The van der Waals surface area contributed by atoms with Crippen molar-refractivity contribution < 1.29 is 4.79 Å². The van der Waals surface area contributed by atoms with E-state index in [1.807, 2.05) is 10.8 Å². The SMILES string of the molecule is O=C1NCCCC1NCc1ccc(-n2ccnc2)cc1. The maximum absolute atomic E-state index is 11.6. The Labute approximate surface area is 118 Å². The van der Waals surface area contributed by atoms with Gasteiger partial charge in [0.25, 0.3) is 0 Å². The largest absolute Gasteiger partial charge is 0.355 e. The van der Waals surface area contributed by atoms with Gasteiger partial charge in [0, 0.05) is 31.2 Å². The van der Waals surface area contributed by atoms with Crippen molar-refractivity contribution in [1.82, 2.24) is 20.2 Å². The lowest BCUT2D eigenvalue weighted by Crippen LogP contribution is -2.47. The molecule has 2 heterocycles. The highest BCUT2D eigenvalue weighted by Gasteiger charge is 2.20. The molecular formula is C15H18N4O. The van der Waals surface area contributed by atoms with Gasteiger partial charge in [0.05, 0.1) is 12.4 Å². The first-order valence-electron chi connectivity index (χ1n) is 6.91. The summed E-state index contributed by atoms with van der Waals surface area (Å²) in [6.07, 6.45) is 7.42. The Hall–Kier alpha value is -2.14. The number of nitrogens with one attached hydrogen (secondary N) is 2. The maximum Gasteiger partial charge on any atom is 0.237 e. The number of amides is 1. The van der Waals surface area contributed by atoms with Crippen LogP contribution in [0.2, 0.25) is 0 Å². The van der Waals surface area contributed by atoms with Crippen LogP contribution >= 0.6 is 0 Å². The third-order valence-corrected chi connectivity index (χ3v) is 3.58. The van der Waals surface area contributed by atoms with Crippen molar-refractivity contribution in [3.63, 3.8) is 0 Å². The van der Waals surface area contributed by atoms with Gasteiger partial charge in [-0.1, -0.05) is 12.1 Å². The molecule has 0 bridgehead atoms. The summed E-state index contributed by atoms with van der Waals surface area (Å²) in [6.45, 7) is 1.51. The summed E-state index contributed by atoms with van der Waals surface area (Å²) in [6, 6.07) is 8.20. The quantitative estimate of drug-likeness (QED) is 0.879. The molecule has 3 rings (SSSR count). The average molecular weight is 270 g/mol. The van der Waals surface area contributed by atoms with Crippen LogP contribution in [0.5, 0.6) is 0 Å². The first kappa shape index (κ1) is 12.9. The van der Waals surface area contributed by atoms with Crippen LogP contribution in [-0.4, -0.2) is 28.0 Å². The Balaban J connectivity index is 1.59. The van der Waals surface area contributed by atoms with Gasteiger partial charge in [-0.25, -0.2) is 4.98 Å². The number of piperidine rings is 1. The molecule has 1 aliphatic rings. The van der Waals surface area contributed by atoms with Crippen molar-refractivity contribution in [2.75, 3.05) is 6.54 Å². The lowest BCUT2D eigenvalue weighted by molar-refractivity contribution is -0.124. The number of hydrogen-bond acceptors (Lipinski definition) is 3.